The highest BCUT2D eigenvalue weighted by molar-refractivity contribution is 5.92. The third kappa shape index (κ3) is 3.45. The zero-order valence-corrected chi connectivity index (χ0v) is 13.8. The number of carbonyl (C=O) groups is 1. The topological polar surface area (TPSA) is 77.3 Å². The van der Waals surface area contributed by atoms with Gasteiger partial charge in [0.05, 0.1) is 6.20 Å². The Morgan fingerprint density at radius 3 is 2.62 bits per heavy atom. The molecule has 2 aromatic heterocycles. The third-order valence-corrected chi connectivity index (χ3v) is 4.29. The zero-order valence-electron chi connectivity index (χ0n) is 13.8. The highest BCUT2D eigenvalue weighted by Crippen LogP contribution is 2.19. The molecular formula is C17H20N4O3. The maximum absolute atomic E-state index is 12.3. The fourth-order valence-corrected chi connectivity index (χ4v) is 2.75. The number of hydrogen-bond donors (Lipinski definition) is 0. The van der Waals surface area contributed by atoms with Crippen molar-refractivity contribution in [2.24, 2.45) is 7.05 Å². The minimum Gasteiger partial charge on any atom is -0.490 e. The molecule has 126 valence electrons. The molecule has 0 N–H and O–H groups in total. The molecule has 1 aliphatic heterocycles. The maximum Gasteiger partial charge on any atom is 0.274 e. The number of pyridine rings is 1. The van der Waals surface area contributed by atoms with E-state index in [1.165, 1.54) is 18.5 Å². The van der Waals surface area contributed by atoms with Crippen molar-refractivity contribution < 1.29 is 9.53 Å². The number of piperidine rings is 1. The maximum atomic E-state index is 12.3. The van der Waals surface area contributed by atoms with Gasteiger partial charge in [0.1, 0.15) is 17.5 Å². The Hall–Kier alpha value is -2.70. The van der Waals surface area contributed by atoms with Crippen molar-refractivity contribution in [3.63, 3.8) is 0 Å². The molecule has 0 radical (unpaired) electrons. The van der Waals surface area contributed by atoms with Gasteiger partial charge in [-0.2, -0.15) is 0 Å². The van der Waals surface area contributed by atoms with Gasteiger partial charge >= 0.3 is 0 Å². The summed E-state index contributed by atoms with van der Waals surface area (Å²) in [4.78, 5) is 33.9. The van der Waals surface area contributed by atoms with E-state index in [1.54, 1.807) is 22.7 Å². The minimum absolute atomic E-state index is 0.00223. The van der Waals surface area contributed by atoms with Crippen molar-refractivity contribution in [1.29, 1.82) is 0 Å². The molecule has 0 aromatic carbocycles. The van der Waals surface area contributed by atoms with Crippen LogP contribution >= 0.6 is 0 Å². The number of amides is 1. The first-order valence-corrected chi connectivity index (χ1v) is 7.94. The van der Waals surface area contributed by atoms with Gasteiger partial charge in [0, 0.05) is 57.1 Å². The van der Waals surface area contributed by atoms with Gasteiger partial charge in [-0.1, -0.05) is 0 Å². The monoisotopic (exact) mass is 328 g/mol. The molecule has 3 rings (SSSR count). The van der Waals surface area contributed by atoms with E-state index < -0.39 is 0 Å². The zero-order chi connectivity index (χ0) is 17.1. The summed E-state index contributed by atoms with van der Waals surface area (Å²) in [5.41, 5.74) is 1.13. The SMILES string of the molecule is Cc1cc(OC2CCN(C(=O)c3cnccn3)CC2)cc(=O)n1C. The first-order chi connectivity index (χ1) is 11.5. The molecule has 0 atom stereocenters. The van der Waals surface area contributed by atoms with Crippen LogP contribution in [0.15, 0.2) is 35.5 Å². The van der Waals surface area contributed by atoms with Crippen LogP contribution in [-0.4, -0.2) is 44.5 Å². The molecule has 24 heavy (non-hydrogen) atoms. The summed E-state index contributed by atoms with van der Waals surface area (Å²) in [6.07, 6.45) is 5.99. The highest BCUT2D eigenvalue weighted by atomic mass is 16.5. The molecule has 0 saturated carbocycles. The number of rotatable bonds is 3. The first-order valence-electron chi connectivity index (χ1n) is 7.94. The van der Waals surface area contributed by atoms with Gasteiger partial charge in [0.25, 0.3) is 11.5 Å². The Morgan fingerprint density at radius 1 is 1.25 bits per heavy atom. The van der Waals surface area contributed by atoms with E-state index in [-0.39, 0.29) is 17.6 Å². The van der Waals surface area contributed by atoms with Crippen LogP contribution in [0.3, 0.4) is 0 Å². The summed E-state index contributed by atoms with van der Waals surface area (Å²) in [6.45, 7) is 3.07. The van der Waals surface area contributed by atoms with E-state index in [2.05, 4.69) is 9.97 Å². The van der Waals surface area contributed by atoms with E-state index in [1.807, 2.05) is 13.0 Å². The predicted octanol–water partition coefficient (Wildman–Crippen LogP) is 1.17. The van der Waals surface area contributed by atoms with Crippen LogP contribution < -0.4 is 10.3 Å². The second-order valence-corrected chi connectivity index (χ2v) is 5.93. The first kappa shape index (κ1) is 16.2. The van der Waals surface area contributed by atoms with Crippen molar-refractivity contribution in [2.45, 2.75) is 25.9 Å². The van der Waals surface area contributed by atoms with Crippen LogP contribution in [0.5, 0.6) is 5.75 Å². The summed E-state index contributed by atoms with van der Waals surface area (Å²) < 4.78 is 7.50. The molecule has 1 saturated heterocycles. The Kier molecular flexibility index (Phi) is 4.59. The molecule has 7 nitrogen and oxygen atoms in total. The summed E-state index contributed by atoms with van der Waals surface area (Å²) in [6, 6.07) is 3.36. The van der Waals surface area contributed by atoms with Crippen LogP contribution in [-0.2, 0) is 7.05 Å². The van der Waals surface area contributed by atoms with Gasteiger partial charge in [-0.25, -0.2) is 4.98 Å². The van der Waals surface area contributed by atoms with Crippen molar-refractivity contribution in [3.8, 4) is 5.75 Å². The fourth-order valence-electron chi connectivity index (χ4n) is 2.75. The van der Waals surface area contributed by atoms with Gasteiger partial charge in [0.15, 0.2) is 0 Å². The number of likely N-dealkylation sites (tertiary alicyclic amines) is 1. The van der Waals surface area contributed by atoms with Crippen LogP contribution in [0.25, 0.3) is 0 Å². The number of aryl methyl sites for hydroxylation is 1. The highest BCUT2D eigenvalue weighted by Gasteiger charge is 2.25. The molecule has 0 bridgehead atoms. The van der Waals surface area contributed by atoms with Crippen LogP contribution in [0.1, 0.15) is 29.0 Å². The molecule has 1 amide bonds. The lowest BCUT2D eigenvalue weighted by Crippen LogP contribution is -2.42. The number of carbonyl (C=O) groups excluding carboxylic acids is 1. The van der Waals surface area contributed by atoms with Gasteiger partial charge in [-0.15, -0.1) is 0 Å². The number of aromatic nitrogens is 3. The van der Waals surface area contributed by atoms with Crippen LogP contribution in [0.2, 0.25) is 0 Å². The minimum atomic E-state index is -0.106. The summed E-state index contributed by atoms with van der Waals surface area (Å²) in [5, 5.41) is 0. The number of ether oxygens (including phenoxy) is 1. The Balaban J connectivity index is 1.59. The van der Waals surface area contributed by atoms with Crippen LogP contribution in [0, 0.1) is 6.92 Å². The molecule has 2 aromatic rings. The van der Waals surface area contributed by atoms with E-state index in [9.17, 15) is 9.59 Å². The Morgan fingerprint density at radius 2 is 2.00 bits per heavy atom. The molecule has 1 aliphatic rings. The van der Waals surface area contributed by atoms with Crippen molar-refractivity contribution in [1.82, 2.24) is 19.4 Å². The average molecular weight is 328 g/mol. The summed E-state index contributed by atoms with van der Waals surface area (Å²) in [5.74, 6) is 0.486. The second kappa shape index (κ2) is 6.82. The normalized spacial score (nSPS) is 15.3. The molecule has 0 spiro atoms. The standard InChI is InChI=1S/C17H20N4O3/c1-12-9-14(10-16(22)20(12)2)24-13-3-7-21(8-4-13)17(23)15-11-18-5-6-19-15/h5-6,9-11,13H,3-4,7-8H2,1-2H3. The second-order valence-electron chi connectivity index (χ2n) is 5.93. The molecule has 0 unspecified atom stereocenters. The molecule has 1 fully saturated rings. The lowest BCUT2D eigenvalue weighted by atomic mass is 10.1. The van der Waals surface area contributed by atoms with Gasteiger partial charge in [-0.05, 0) is 13.0 Å². The predicted molar refractivity (Wildman–Crippen MR) is 88.0 cm³/mol. The van der Waals surface area contributed by atoms with E-state index in [0.29, 0.717) is 24.5 Å². The third-order valence-electron chi connectivity index (χ3n) is 4.29. The van der Waals surface area contributed by atoms with E-state index in [0.717, 1.165) is 18.5 Å². The molecular weight excluding hydrogens is 308 g/mol. The van der Waals surface area contributed by atoms with Gasteiger partial charge in [-0.3, -0.25) is 14.6 Å². The quantitative estimate of drug-likeness (QED) is 0.845. The number of nitrogens with zero attached hydrogens (tertiary/aromatic N) is 4. The number of hydrogen-bond acceptors (Lipinski definition) is 5. The molecule has 3 heterocycles. The van der Waals surface area contributed by atoms with Crippen molar-refractivity contribution in [3.05, 3.63) is 52.5 Å². The summed E-state index contributed by atoms with van der Waals surface area (Å²) in [7, 11) is 1.73. The molecule has 0 aliphatic carbocycles. The lowest BCUT2D eigenvalue weighted by Gasteiger charge is -2.32. The van der Waals surface area contributed by atoms with Crippen molar-refractivity contribution in [2.75, 3.05) is 13.1 Å². The van der Waals surface area contributed by atoms with Gasteiger partial charge in [0.2, 0.25) is 0 Å². The van der Waals surface area contributed by atoms with Crippen LogP contribution in [0.4, 0.5) is 0 Å². The molecule has 7 heteroatoms. The summed E-state index contributed by atoms with van der Waals surface area (Å²) >= 11 is 0. The Bertz CT molecular complexity index is 780. The lowest BCUT2D eigenvalue weighted by molar-refractivity contribution is 0.0589. The van der Waals surface area contributed by atoms with E-state index >= 15 is 0 Å². The van der Waals surface area contributed by atoms with E-state index in [4.69, 9.17) is 4.74 Å². The largest absolute Gasteiger partial charge is 0.490 e. The average Bonchev–Trinajstić information content (AvgIpc) is 2.60. The Labute approximate surface area is 139 Å². The van der Waals surface area contributed by atoms with Crippen molar-refractivity contribution >= 4 is 5.91 Å². The smallest absolute Gasteiger partial charge is 0.274 e. The van der Waals surface area contributed by atoms with Gasteiger partial charge < -0.3 is 14.2 Å². The fraction of sp³-hybridized carbons (Fsp3) is 0.412.